The predicted molar refractivity (Wildman–Crippen MR) is 84.3 cm³/mol. The molecular weight excluding hydrogens is 288 g/mol. The Hall–Kier alpha value is -1.40. The highest BCUT2D eigenvalue weighted by Crippen LogP contribution is 2.08. The maximum atomic E-state index is 11.9. The van der Waals surface area contributed by atoms with Crippen LogP contribution >= 0.6 is 0 Å². The molecule has 0 fully saturated rings. The van der Waals surface area contributed by atoms with Crippen molar-refractivity contribution in [1.82, 2.24) is 9.62 Å². The van der Waals surface area contributed by atoms with Crippen LogP contribution in [0.15, 0.2) is 24.3 Å². The summed E-state index contributed by atoms with van der Waals surface area (Å²) in [7, 11) is -3.39. The van der Waals surface area contributed by atoms with E-state index in [0.717, 1.165) is 17.4 Å². The zero-order chi connectivity index (χ0) is 16.0. The van der Waals surface area contributed by atoms with Crippen LogP contribution in [0.1, 0.15) is 31.4 Å². The first-order valence-corrected chi connectivity index (χ1v) is 8.88. The van der Waals surface area contributed by atoms with Gasteiger partial charge in [-0.3, -0.25) is 4.79 Å². The van der Waals surface area contributed by atoms with Crippen molar-refractivity contribution in [2.24, 2.45) is 0 Å². The molecular formula is C15H24N2O3S. The van der Waals surface area contributed by atoms with Gasteiger partial charge < -0.3 is 5.32 Å². The van der Waals surface area contributed by atoms with Gasteiger partial charge >= 0.3 is 0 Å². The van der Waals surface area contributed by atoms with E-state index in [2.05, 4.69) is 5.32 Å². The third-order valence-electron chi connectivity index (χ3n) is 3.42. The number of nitrogens with one attached hydrogen (secondary N) is 1. The van der Waals surface area contributed by atoms with Crippen molar-refractivity contribution in [3.05, 3.63) is 35.4 Å². The first-order chi connectivity index (χ1) is 9.74. The highest BCUT2D eigenvalue weighted by Gasteiger charge is 2.24. The van der Waals surface area contributed by atoms with E-state index >= 15 is 0 Å². The van der Waals surface area contributed by atoms with E-state index in [1.165, 1.54) is 4.31 Å². The van der Waals surface area contributed by atoms with Gasteiger partial charge in [0.05, 0.1) is 12.8 Å². The van der Waals surface area contributed by atoms with E-state index in [-0.39, 0.29) is 18.5 Å². The van der Waals surface area contributed by atoms with Crippen molar-refractivity contribution >= 4 is 15.9 Å². The number of carbonyl (C=O) groups is 1. The fraction of sp³-hybridized carbons (Fsp3) is 0.533. The number of aryl methyl sites for hydroxylation is 1. The van der Waals surface area contributed by atoms with Crippen molar-refractivity contribution in [1.29, 1.82) is 0 Å². The monoisotopic (exact) mass is 312 g/mol. The summed E-state index contributed by atoms with van der Waals surface area (Å²) in [6, 6.07) is 7.65. The lowest BCUT2D eigenvalue weighted by atomic mass is 10.1. The molecule has 6 heteroatoms. The summed E-state index contributed by atoms with van der Waals surface area (Å²) >= 11 is 0. The van der Waals surface area contributed by atoms with Crippen molar-refractivity contribution in [3.63, 3.8) is 0 Å². The number of benzene rings is 1. The second kappa shape index (κ2) is 7.56. The molecule has 1 amide bonds. The second-order valence-corrected chi connectivity index (χ2v) is 7.26. The van der Waals surface area contributed by atoms with Gasteiger partial charge in [0.1, 0.15) is 0 Å². The number of sulfonamides is 1. The molecule has 1 atom stereocenters. The van der Waals surface area contributed by atoms with E-state index in [1.807, 2.05) is 38.1 Å². The average molecular weight is 312 g/mol. The van der Waals surface area contributed by atoms with Crippen LogP contribution in [0.3, 0.4) is 0 Å². The van der Waals surface area contributed by atoms with E-state index in [1.54, 1.807) is 6.92 Å². The Balaban J connectivity index is 2.60. The number of amides is 1. The molecule has 1 aromatic carbocycles. The van der Waals surface area contributed by atoms with E-state index < -0.39 is 10.0 Å². The smallest absolute Gasteiger partial charge is 0.235 e. The maximum absolute atomic E-state index is 11.9. The third-order valence-corrected chi connectivity index (χ3v) is 4.76. The lowest BCUT2D eigenvalue weighted by Gasteiger charge is -2.25. The Labute approximate surface area is 127 Å². The molecule has 0 bridgehead atoms. The van der Waals surface area contributed by atoms with Gasteiger partial charge in [0.25, 0.3) is 0 Å². The van der Waals surface area contributed by atoms with Crippen LogP contribution < -0.4 is 5.32 Å². The molecule has 1 unspecified atom stereocenters. The number of hydrogen-bond acceptors (Lipinski definition) is 3. The maximum Gasteiger partial charge on any atom is 0.235 e. The Morgan fingerprint density at radius 2 is 1.86 bits per heavy atom. The van der Waals surface area contributed by atoms with Crippen molar-refractivity contribution in [2.75, 3.05) is 12.8 Å². The summed E-state index contributed by atoms with van der Waals surface area (Å²) in [5.41, 5.74) is 2.15. The summed E-state index contributed by atoms with van der Waals surface area (Å²) < 4.78 is 24.7. The molecule has 1 N–H and O–H groups in total. The fourth-order valence-corrected chi connectivity index (χ4v) is 3.06. The van der Waals surface area contributed by atoms with Crippen LogP contribution in [0.5, 0.6) is 0 Å². The Bertz CT molecular complexity index is 567. The molecule has 118 valence electrons. The third kappa shape index (κ3) is 5.85. The van der Waals surface area contributed by atoms with Crippen LogP contribution in [0.2, 0.25) is 0 Å². The molecule has 21 heavy (non-hydrogen) atoms. The van der Waals surface area contributed by atoms with E-state index in [4.69, 9.17) is 0 Å². The lowest BCUT2D eigenvalue weighted by molar-refractivity contribution is -0.121. The highest BCUT2D eigenvalue weighted by atomic mass is 32.2. The summed E-state index contributed by atoms with van der Waals surface area (Å²) in [5.74, 6) is -0.290. The second-order valence-electron chi connectivity index (χ2n) is 5.33. The Morgan fingerprint density at radius 1 is 1.29 bits per heavy atom. The predicted octanol–water partition coefficient (Wildman–Crippen LogP) is 1.67. The fourth-order valence-electron chi connectivity index (χ4n) is 1.91. The molecule has 0 spiro atoms. The standard InChI is InChI=1S/C15H24N2O3S/c1-5-13(3)17(21(4,19)20)11-15(18)16-10-14-8-6-12(2)7-9-14/h6-9,13H,5,10-11H2,1-4H3,(H,16,18). The van der Waals surface area contributed by atoms with Crippen LogP contribution in [-0.2, 0) is 21.4 Å². The summed E-state index contributed by atoms with van der Waals surface area (Å²) in [6.07, 6.45) is 1.80. The normalized spacial score (nSPS) is 13.2. The quantitative estimate of drug-likeness (QED) is 0.833. The van der Waals surface area contributed by atoms with Gasteiger partial charge in [-0.1, -0.05) is 36.8 Å². The van der Waals surface area contributed by atoms with Crippen LogP contribution in [0.25, 0.3) is 0 Å². The van der Waals surface area contributed by atoms with Gasteiger partial charge in [-0.2, -0.15) is 4.31 Å². The van der Waals surface area contributed by atoms with Crippen molar-refractivity contribution in [3.8, 4) is 0 Å². The molecule has 0 heterocycles. The Morgan fingerprint density at radius 3 is 2.33 bits per heavy atom. The average Bonchev–Trinajstić information content (AvgIpc) is 2.42. The first-order valence-electron chi connectivity index (χ1n) is 7.03. The summed E-state index contributed by atoms with van der Waals surface area (Å²) in [4.78, 5) is 11.9. The highest BCUT2D eigenvalue weighted by molar-refractivity contribution is 7.88. The van der Waals surface area contributed by atoms with Crippen molar-refractivity contribution in [2.45, 2.75) is 39.8 Å². The zero-order valence-corrected chi connectivity index (χ0v) is 13.9. The first kappa shape index (κ1) is 17.7. The van der Waals surface area contributed by atoms with Crippen LogP contribution in [-0.4, -0.2) is 37.5 Å². The summed E-state index contributed by atoms with van der Waals surface area (Å²) in [6.45, 7) is 5.96. The minimum Gasteiger partial charge on any atom is -0.351 e. The molecule has 1 aromatic rings. The van der Waals surface area contributed by atoms with Gasteiger partial charge in [0, 0.05) is 12.6 Å². The van der Waals surface area contributed by atoms with Gasteiger partial charge in [0.15, 0.2) is 0 Å². The lowest BCUT2D eigenvalue weighted by Crippen LogP contribution is -2.44. The number of rotatable bonds is 7. The van der Waals surface area contributed by atoms with Crippen LogP contribution in [0.4, 0.5) is 0 Å². The van der Waals surface area contributed by atoms with Gasteiger partial charge in [-0.15, -0.1) is 0 Å². The van der Waals surface area contributed by atoms with Gasteiger partial charge in [-0.05, 0) is 25.8 Å². The zero-order valence-electron chi connectivity index (χ0n) is 13.1. The number of nitrogens with zero attached hydrogens (tertiary/aromatic N) is 1. The minimum absolute atomic E-state index is 0.139. The number of carbonyl (C=O) groups excluding carboxylic acids is 1. The minimum atomic E-state index is -3.39. The van der Waals surface area contributed by atoms with Crippen molar-refractivity contribution < 1.29 is 13.2 Å². The summed E-state index contributed by atoms with van der Waals surface area (Å²) in [5, 5.41) is 2.75. The SMILES string of the molecule is CCC(C)N(CC(=O)NCc1ccc(C)cc1)S(C)(=O)=O. The van der Waals surface area contributed by atoms with Gasteiger partial charge in [0.2, 0.25) is 15.9 Å². The molecule has 0 aliphatic carbocycles. The topological polar surface area (TPSA) is 66.5 Å². The molecule has 0 saturated carbocycles. The molecule has 0 aromatic heterocycles. The van der Waals surface area contributed by atoms with Gasteiger partial charge in [-0.25, -0.2) is 8.42 Å². The number of hydrogen-bond donors (Lipinski definition) is 1. The van der Waals surface area contributed by atoms with E-state index in [0.29, 0.717) is 13.0 Å². The molecule has 0 radical (unpaired) electrons. The molecule has 0 aliphatic heterocycles. The Kier molecular flexibility index (Phi) is 6.36. The largest absolute Gasteiger partial charge is 0.351 e. The molecule has 1 rings (SSSR count). The van der Waals surface area contributed by atoms with Crippen LogP contribution in [0, 0.1) is 6.92 Å². The molecule has 0 aliphatic rings. The van der Waals surface area contributed by atoms with E-state index in [9.17, 15) is 13.2 Å². The molecule has 0 saturated heterocycles. The molecule has 5 nitrogen and oxygen atoms in total.